The van der Waals surface area contributed by atoms with E-state index in [9.17, 15) is 8.60 Å². The summed E-state index contributed by atoms with van der Waals surface area (Å²) < 4.78 is 28.8. The van der Waals surface area contributed by atoms with Gasteiger partial charge in [0, 0.05) is 29.3 Å². The predicted molar refractivity (Wildman–Crippen MR) is 114 cm³/mol. The molecule has 0 amide bonds. The Morgan fingerprint density at radius 1 is 1.33 bits per heavy atom. The minimum Gasteiger partial charge on any atom is -0.396 e. The maximum absolute atomic E-state index is 14.3. The highest BCUT2D eigenvalue weighted by molar-refractivity contribution is 7.85. The van der Waals surface area contributed by atoms with E-state index >= 15 is 0 Å². The summed E-state index contributed by atoms with van der Waals surface area (Å²) in [5, 5.41) is 10.8. The van der Waals surface area contributed by atoms with Crippen LogP contribution in [0.2, 0.25) is 0 Å². The SMILES string of the molecule is [C-]#[N+]c1nc2cc(S(=O)C3CCCCC3F)cnc2n1-c1cc(-c2ccsc2)[nH]n1. The summed E-state index contributed by atoms with van der Waals surface area (Å²) in [6.45, 7) is 7.51. The van der Waals surface area contributed by atoms with Gasteiger partial charge in [-0.25, -0.2) is 13.9 Å². The van der Waals surface area contributed by atoms with Crippen LogP contribution in [0.4, 0.5) is 10.3 Å². The molecule has 0 saturated heterocycles. The van der Waals surface area contributed by atoms with Crippen molar-refractivity contribution in [1.29, 1.82) is 0 Å². The molecule has 10 heteroatoms. The molecule has 1 fully saturated rings. The topological polar surface area (TPSA) is 80.8 Å². The number of aromatic amines is 1. The monoisotopic (exact) mass is 440 g/mol. The Labute approximate surface area is 178 Å². The summed E-state index contributed by atoms with van der Waals surface area (Å²) in [4.78, 5) is 12.7. The molecule has 4 aromatic heterocycles. The van der Waals surface area contributed by atoms with Crippen molar-refractivity contribution in [1.82, 2.24) is 24.7 Å². The van der Waals surface area contributed by atoms with Gasteiger partial charge in [-0.05, 0) is 24.3 Å². The Kier molecular flexibility index (Phi) is 4.92. The van der Waals surface area contributed by atoms with Gasteiger partial charge in [0.2, 0.25) is 11.5 Å². The van der Waals surface area contributed by atoms with Crippen LogP contribution in [0.5, 0.6) is 0 Å². The average molecular weight is 441 g/mol. The van der Waals surface area contributed by atoms with Gasteiger partial charge in [-0.1, -0.05) is 12.8 Å². The van der Waals surface area contributed by atoms with E-state index in [-0.39, 0.29) is 5.95 Å². The zero-order chi connectivity index (χ0) is 20.7. The van der Waals surface area contributed by atoms with E-state index in [1.54, 1.807) is 22.0 Å². The summed E-state index contributed by atoms with van der Waals surface area (Å²) in [6, 6.07) is 5.46. The van der Waals surface area contributed by atoms with Crippen LogP contribution in [-0.4, -0.2) is 40.4 Å². The number of alkyl halides is 1. The Balaban J connectivity index is 1.54. The Bertz CT molecular complexity index is 1270. The number of pyridine rings is 1. The van der Waals surface area contributed by atoms with Gasteiger partial charge < -0.3 is 4.85 Å². The molecule has 1 aliphatic carbocycles. The summed E-state index contributed by atoms with van der Waals surface area (Å²) in [5.41, 5.74) is 2.73. The molecule has 0 radical (unpaired) electrons. The van der Waals surface area contributed by atoms with Crippen molar-refractivity contribution in [3.05, 3.63) is 46.6 Å². The lowest BCUT2D eigenvalue weighted by Gasteiger charge is -2.24. The molecule has 1 saturated carbocycles. The van der Waals surface area contributed by atoms with Crippen LogP contribution < -0.4 is 0 Å². The van der Waals surface area contributed by atoms with Crippen LogP contribution in [0.25, 0.3) is 33.1 Å². The Morgan fingerprint density at radius 3 is 2.97 bits per heavy atom. The number of H-pyrrole nitrogens is 1. The van der Waals surface area contributed by atoms with Crippen molar-refractivity contribution >= 4 is 39.2 Å². The molecule has 4 aromatic rings. The summed E-state index contributed by atoms with van der Waals surface area (Å²) in [7, 11) is -1.50. The van der Waals surface area contributed by atoms with E-state index in [4.69, 9.17) is 6.57 Å². The van der Waals surface area contributed by atoms with Gasteiger partial charge in [0.05, 0.1) is 26.6 Å². The molecule has 0 spiro atoms. The largest absolute Gasteiger partial charge is 0.396 e. The number of fused-ring (bicyclic) bond motifs is 1. The van der Waals surface area contributed by atoms with Gasteiger partial charge in [0.25, 0.3) is 0 Å². The zero-order valence-corrected chi connectivity index (χ0v) is 17.4. The molecule has 0 aliphatic heterocycles. The lowest BCUT2D eigenvalue weighted by Crippen LogP contribution is -2.30. The number of thiophene rings is 1. The molecule has 1 aliphatic rings. The number of nitrogens with one attached hydrogen (secondary N) is 1. The number of hydrogen-bond donors (Lipinski definition) is 1. The minimum atomic E-state index is -1.50. The van der Waals surface area contributed by atoms with Crippen LogP contribution in [-0.2, 0) is 10.8 Å². The first-order chi connectivity index (χ1) is 14.7. The molecular formula is C20H17FN6OS2. The highest BCUT2D eigenvalue weighted by atomic mass is 32.2. The van der Waals surface area contributed by atoms with Crippen LogP contribution in [0.15, 0.2) is 40.1 Å². The van der Waals surface area contributed by atoms with Crippen LogP contribution >= 0.6 is 11.3 Å². The second-order valence-electron chi connectivity index (χ2n) is 7.16. The fourth-order valence-corrected chi connectivity index (χ4v) is 5.96. The third-order valence-corrected chi connectivity index (χ3v) is 7.76. The third-order valence-electron chi connectivity index (χ3n) is 5.31. The van der Waals surface area contributed by atoms with Crippen LogP contribution in [0.3, 0.4) is 0 Å². The van der Waals surface area contributed by atoms with Gasteiger partial charge >= 0.3 is 5.95 Å². The lowest BCUT2D eigenvalue weighted by molar-refractivity contribution is 0.257. The molecule has 5 rings (SSSR count). The third kappa shape index (κ3) is 3.24. The van der Waals surface area contributed by atoms with E-state index in [0.29, 0.717) is 34.7 Å². The van der Waals surface area contributed by atoms with E-state index < -0.39 is 22.2 Å². The first-order valence-electron chi connectivity index (χ1n) is 9.54. The van der Waals surface area contributed by atoms with Crippen molar-refractivity contribution in [3.8, 4) is 17.1 Å². The van der Waals surface area contributed by atoms with Crippen LogP contribution in [0.1, 0.15) is 25.7 Å². The summed E-state index contributed by atoms with van der Waals surface area (Å²) in [6.07, 6.45) is 3.21. The molecule has 4 heterocycles. The minimum absolute atomic E-state index is 0.116. The van der Waals surface area contributed by atoms with E-state index in [1.807, 2.05) is 22.9 Å². The van der Waals surface area contributed by atoms with Crippen molar-refractivity contribution in [2.24, 2.45) is 0 Å². The maximum Gasteiger partial charge on any atom is 0.347 e. The van der Waals surface area contributed by atoms with E-state index in [0.717, 1.165) is 24.1 Å². The normalized spacial score (nSPS) is 20.3. The van der Waals surface area contributed by atoms with Gasteiger partial charge in [0.15, 0.2) is 5.52 Å². The highest BCUT2D eigenvalue weighted by Crippen LogP contribution is 2.31. The molecule has 7 nitrogen and oxygen atoms in total. The van der Waals surface area contributed by atoms with E-state index in [2.05, 4.69) is 25.0 Å². The molecular weight excluding hydrogens is 423 g/mol. The van der Waals surface area contributed by atoms with Gasteiger partial charge in [0.1, 0.15) is 6.17 Å². The first kappa shape index (κ1) is 19.1. The smallest absolute Gasteiger partial charge is 0.347 e. The van der Waals surface area contributed by atoms with Gasteiger partial charge in [-0.2, -0.15) is 11.3 Å². The molecule has 30 heavy (non-hydrogen) atoms. The number of aromatic nitrogens is 5. The molecule has 3 atom stereocenters. The Hall–Kier alpha value is -2.90. The number of halogens is 1. The van der Waals surface area contributed by atoms with Crippen molar-refractivity contribution < 1.29 is 8.60 Å². The van der Waals surface area contributed by atoms with Gasteiger partial charge in [-0.3, -0.25) is 9.31 Å². The Morgan fingerprint density at radius 2 is 2.20 bits per heavy atom. The van der Waals surface area contributed by atoms with Crippen molar-refractivity contribution in [2.75, 3.05) is 0 Å². The lowest BCUT2D eigenvalue weighted by atomic mass is 9.98. The molecule has 3 unspecified atom stereocenters. The summed E-state index contributed by atoms with van der Waals surface area (Å²) in [5.74, 6) is 0.618. The number of nitrogens with zero attached hydrogens (tertiary/aromatic N) is 5. The fraction of sp³-hybridized carbons (Fsp3) is 0.300. The standard InChI is InChI=1S/C20H17FN6OS2/c1-22-20-24-16-8-13(30(28)17-5-3-2-4-14(17)21)10-23-19(16)27(20)18-9-15(25-26-18)12-6-7-29-11-12/h6-11,14,17H,2-5H2,(H,25,26). The van der Waals surface area contributed by atoms with Gasteiger partial charge in [-0.15, -0.1) is 16.7 Å². The van der Waals surface area contributed by atoms with Crippen molar-refractivity contribution in [3.63, 3.8) is 0 Å². The average Bonchev–Trinajstić information content (AvgIpc) is 3.51. The summed E-state index contributed by atoms with van der Waals surface area (Å²) >= 11 is 1.58. The van der Waals surface area contributed by atoms with Crippen molar-refractivity contribution in [2.45, 2.75) is 42.0 Å². The zero-order valence-electron chi connectivity index (χ0n) is 15.8. The second-order valence-corrected chi connectivity index (χ2v) is 9.61. The molecule has 1 N–H and O–H groups in total. The first-order valence-corrected chi connectivity index (χ1v) is 11.7. The predicted octanol–water partition coefficient (Wildman–Crippen LogP) is 4.81. The molecule has 152 valence electrons. The van der Waals surface area contributed by atoms with E-state index in [1.165, 1.54) is 6.20 Å². The maximum atomic E-state index is 14.3. The highest BCUT2D eigenvalue weighted by Gasteiger charge is 2.31. The molecule has 0 bridgehead atoms. The fourth-order valence-electron chi connectivity index (χ4n) is 3.79. The number of hydrogen-bond acceptors (Lipinski definition) is 5. The van der Waals surface area contributed by atoms with Crippen LogP contribution in [0, 0.1) is 6.57 Å². The number of imidazole rings is 1. The molecule has 0 aromatic carbocycles. The quantitative estimate of drug-likeness (QED) is 0.462. The second kappa shape index (κ2) is 7.74. The number of rotatable bonds is 4.